The van der Waals surface area contributed by atoms with Crippen LogP contribution < -0.4 is 5.73 Å². The number of imidazole rings is 1. The van der Waals surface area contributed by atoms with E-state index in [2.05, 4.69) is 10.1 Å². The molecule has 0 saturated heterocycles. The van der Waals surface area contributed by atoms with Gasteiger partial charge in [0.25, 0.3) is 0 Å². The van der Waals surface area contributed by atoms with E-state index >= 15 is 0 Å². The number of nitrogens with two attached hydrogens (primary N) is 1. The molecule has 0 fully saturated rings. The van der Waals surface area contributed by atoms with Gasteiger partial charge < -0.3 is 10.3 Å². The molecule has 0 aliphatic rings. The summed E-state index contributed by atoms with van der Waals surface area (Å²) in [6.45, 7) is 2.03. The predicted octanol–water partition coefficient (Wildman–Crippen LogP) is 0.705. The molecule has 2 aromatic heterocycles. The Kier molecular flexibility index (Phi) is 2.78. The molecule has 5 nitrogen and oxygen atoms in total. The van der Waals surface area contributed by atoms with Crippen LogP contribution in [0.25, 0.3) is 0 Å². The van der Waals surface area contributed by atoms with E-state index in [-0.39, 0.29) is 6.04 Å². The quantitative estimate of drug-likeness (QED) is 0.826. The van der Waals surface area contributed by atoms with Crippen molar-refractivity contribution in [2.45, 2.75) is 19.4 Å². The maximum absolute atomic E-state index is 6.16. The Morgan fingerprint density at radius 2 is 2.19 bits per heavy atom. The van der Waals surface area contributed by atoms with Crippen LogP contribution in [0.15, 0.2) is 18.6 Å². The monoisotopic (exact) mass is 219 g/mol. The van der Waals surface area contributed by atoms with Crippen molar-refractivity contribution in [1.29, 1.82) is 0 Å². The van der Waals surface area contributed by atoms with Crippen molar-refractivity contribution in [2.75, 3.05) is 0 Å². The zero-order valence-corrected chi connectivity index (χ0v) is 9.88. The first kappa shape index (κ1) is 10.9. The van der Waals surface area contributed by atoms with Crippen molar-refractivity contribution < 1.29 is 0 Å². The van der Waals surface area contributed by atoms with E-state index < -0.39 is 0 Å². The summed E-state index contributed by atoms with van der Waals surface area (Å²) in [6.07, 6.45) is 6.29. The van der Waals surface area contributed by atoms with Crippen LogP contribution in [0.2, 0.25) is 0 Å². The Bertz CT molecular complexity index is 482. The average Bonchev–Trinajstić information content (AvgIpc) is 2.77. The average molecular weight is 219 g/mol. The highest BCUT2D eigenvalue weighted by Gasteiger charge is 2.14. The van der Waals surface area contributed by atoms with Gasteiger partial charge in [0.15, 0.2) is 0 Å². The first-order chi connectivity index (χ1) is 7.59. The number of aromatic nitrogens is 4. The molecule has 0 saturated carbocycles. The van der Waals surface area contributed by atoms with E-state index in [1.807, 2.05) is 42.7 Å². The molecule has 0 spiro atoms. The molecule has 0 aliphatic heterocycles. The van der Waals surface area contributed by atoms with Crippen LogP contribution in [0, 0.1) is 6.92 Å². The molecular weight excluding hydrogens is 202 g/mol. The second-order valence-corrected chi connectivity index (χ2v) is 4.07. The Labute approximate surface area is 94.9 Å². The lowest BCUT2D eigenvalue weighted by molar-refractivity contribution is 0.652. The smallest absolute Gasteiger partial charge is 0.110 e. The maximum atomic E-state index is 6.16. The number of aryl methyl sites for hydroxylation is 2. The Balaban J connectivity index is 2.18. The molecule has 5 heteroatoms. The number of nitrogens with zero attached hydrogens (tertiary/aromatic N) is 4. The number of hydrogen-bond donors (Lipinski definition) is 1. The summed E-state index contributed by atoms with van der Waals surface area (Å²) in [5, 5.41) is 4.20. The summed E-state index contributed by atoms with van der Waals surface area (Å²) < 4.78 is 3.83. The highest BCUT2D eigenvalue weighted by molar-refractivity contribution is 5.21. The lowest BCUT2D eigenvalue weighted by Gasteiger charge is -2.11. The summed E-state index contributed by atoms with van der Waals surface area (Å²) in [6, 6.07) is -0.0465. The van der Waals surface area contributed by atoms with E-state index in [1.54, 1.807) is 6.20 Å². The van der Waals surface area contributed by atoms with Gasteiger partial charge >= 0.3 is 0 Å². The largest absolute Gasteiger partial charge is 0.338 e. The molecule has 86 valence electrons. The summed E-state index contributed by atoms with van der Waals surface area (Å²) in [5.41, 5.74) is 8.36. The van der Waals surface area contributed by atoms with Gasteiger partial charge in [0, 0.05) is 50.2 Å². The SMILES string of the molecule is Cc1c(C(N)Cc2nccn2C)cnn1C. The lowest BCUT2D eigenvalue weighted by Crippen LogP contribution is -2.16. The van der Waals surface area contributed by atoms with Crippen LogP contribution in [-0.4, -0.2) is 19.3 Å². The first-order valence-corrected chi connectivity index (χ1v) is 5.30. The van der Waals surface area contributed by atoms with Crippen molar-refractivity contribution in [3.05, 3.63) is 35.7 Å². The first-order valence-electron chi connectivity index (χ1n) is 5.30. The lowest BCUT2D eigenvalue weighted by atomic mass is 10.1. The molecule has 1 atom stereocenters. The Morgan fingerprint density at radius 1 is 1.44 bits per heavy atom. The summed E-state index contributed by atoms with van der Waals surface area (Å²) in [7, 11) is 3.90. The van der Waals surface area contributed by atoms with E-state index in [4.69, 9.17) is 5.73 Å². The fourth-order valence-electron chi connectivity index (χ4n) is 1.78. The van der Waals surface area contributed by atoms with Gasteiger partial charge in [0.05, 0.1) is 6.20 Å². The second kappa shape index (κ2) is 4.09. The number of rotatable bonds is 3. The minimum absolute atomic E-state index is 0.0465. The van der Waals surface area contributed by atoms with Crippen molar-refractivity contribution >= 4 is 0 Å². The normalized spacial score (nSPS) is 13.0. The third-order valence-corrected chi connectivity index (χ3v) is 3.00. The van der Waals surface area contributed by atoms with E-state index in [0.717, 1.165) is 23.5 Å². The standard InChI is InChI=1S/C11H17N5/c1-8-9(7-14-16(8)3)10(12)6-11-13-4-5-15(11)2/h4-5,7,10H,6,12H2,1-3H3. The van der Waals surface area contributed by atoms with E-state index in [0.29, 0.717) is 0 Å². The van der Waals surface area contributed by atoms with Crippen molar-refractivity contribution in [3.63, 3.8) is 0 Å². The fourth-order valence-corrected chi connectivity index (χ4v) is 1.78. The van der Waals surface area contributed by atoms with Gasteiger partial charge in [0.2, 0.25) is 0 Å². The molecule has 0 bridgehead atoms. The van der Waals surface area contributed by atoms with Gasteiger partial charge in [-0.25, -0.2) is 4.98 Å². The molecule has 1 unspecified atom stereocenters. The van der Waals surface area contributed by atoms with Crippen LogP contribution in [0.4, 0.5) is 0 Å². The van der Waals surface area contributed by atoms with Gasteiger partial charge in [-0.2, -0.15) is 5.10 Å². The number of hydrogen-bond acceptors (Lipinski definition) is 3. The van der Waals surface area contributed by atoms with Crippen LogP contribution in [0.5, 0.6) is 0 Å². The van der Waals surface area contributed by atoms with Gasteiger partial charge in [-0.3, -0.25) is 4.68 Å². The topological polar surface area (TPSA) is 61.7 Å². The van der Waals surface area contributed by atoms with Crippen molar-refractivity contribution in [2.24, 2.45) is 19.8 Å². The molecular formula is C11H17N5. The third kappa shape index (κ3) is 1.86. The van der Waals surface area contributed by atoms with Crippen molar-refractivity contribution in [1.82, 2.24) is 19.3 Å². The van der Waals surface area contributed by atoms with Gasteiger partial charge in [-0.15, -0.1) is 0 Å². The fraction of sp³-hybridized carbons (Fsp3) is 0.455. The minimum Gasteiger partial charge on any atom is -0.338 e. The molecule has 16 heavy (non-hydrogen) atoms. The van der Waals surface area contributed by atoms with Gasteiger partial charge in [-0.05, 0) is 6.92 Å². The van der Waals surface area contributed by atoms with Gasteiger partial charge in [-0.1, -0.05) is 0 Å². The highest BCUT2D eigenvalue weighted by Crippen LogP contribution is 2.17. The minimum atomic E-state index is -0.0465. The van der Waals surface area contributed by atoms with Crippen LogP contribution >= 0.6 is 0 Å². The third-order valence-electron chi connectivity index (χ3n) is 3.00. The Morgan fingerprint density at radius 3 is 2.69 bits per heavy atom. The molecule has 0 aromatic carbocycles. The molecule has 0 amide bonds. The predicted molar refractivity (Wildman–Crippen MR) is 61.8 cm³/mol. The summed E-state index contributed by atoms with van der Waals surface area (Å²) in [5.74, 6) is 0.996. The molecule has 2 N–H and O–H groups in total. The molecule has 2 rings (SSSR count). The Hall–Kier alpha value is -1.62. The van der Waals surface area contributed by atoms with Crippen molar-refractivity contribution in [3.8, 4) is 0 Å². The molecule has 0 aliphatic carbocycles. The van der Waals surface area contributed by atoms with E-state index in [9.17, 15) is 0 Å². The molecule has 0 radical (unpaired) electrons. The van der Waals surface area contributed by atoms with E-state index in [1.165, 1.54) is 0 Å². The molecule has 2 aromatic rings. The maximum Gasteiger partial charge on any atom is 0.110 e. The second-order valence-electron chi connectivity index (χ2n) is 4.07. The van der Waals surface area contributed by atoms with Gasteiger partial charge in [0.1, 0.15) is 5.82 Å². The zero-order valence-electron chi connectivity index (χ0n) is 9.88. The highest BCUT2D eigenvalue weighted by atomic mass is 15.3. The zero-order chi connectivity index (χ0) is 11.7. The van der Waals surface area contributed by atoms with Crippen LogP contribution in [-0.2, 0) is 20.5 Å². The van der Waals surface area contributed by atoms with Crippen LogP contribution in [0.1, 0.15) is 23.1 Å². The molecule has 2 heterocycles. The summed E-state index contributed by atoms with van der Waals surface area (Å²) in [4.78, 5) is 4.27. The summed E-state index contributed by atoms with van der Waals surface area (Å²) >= 11 is 0. The van der Waals surface area contributed by atoms with Crippen LogP contribution in [0.3, 0.4) is 0 Å².